The Balaban J connectivity index is 1.54. The van der Waals surface area contributed by atoms with E-state index in [-0.39, 0.29) is 11.3 Å². The molecule has 3 rings (SSSR count). The summed E-state index contributed by atoms with van der Waals surface area (Å²) >= 11 is 0. The molecule has 0 saturated carbocycles. The molecule has 2 atom stereocenters. The predicted octanol–water partition coefficient (Wildman–Crippen LogP) is 6.56. The molecular formula is C25H30F2O3. The Hall–Kier alpha value is -2.40. The van der Waals surface area contributed by atoms with Crippen LogP contribution in [0.15, 0.2) is 49.1 Å². The second-order valence-corrected chi connectivity index (χ2v) is 7.69. The number of hydrogen-bond donors (Lipinski definition) is 0. The first-order valence-corrected chi connectivity index (χ1v) is 10.7. The molecule has 0 bridgehead atoms. The van der Waals surface area contributed by atoms with Crippen LogP contribution < -0.4 is 9.47 Å². The highest BCUT2D eigenvalue weighted by molar-refractivity contribution is 5.66. The summed E-state index contributed by atoms with van der Waals surface area (Å²) in [7, 11) is 0. The van der Waals surface area contributed by atoms with Gasteiger partial charge in [0.25, 0.3) is 0 Å². The standard InChI is InChI=1S/C25H30F2O3/c1-3-5-6-20-10-7-18(16-29-20)17-30-21-11-8-19(9-12-21)22-13-14-23(28-15-4-2)25(27)24(22)26/h3,8-9,11-14,18,20H,1,4-7,10,15-17H2,2H3. The smallest absolute Gasteiger partial charge is 0.201 e. The monoisotopic (exact) mass is 416 g/mol. The molecule has 1 saturated heterocycles. The van der Waals surface area contributed by atoms with E-state index in [9.17, 15) is 8.78 Å². The van der Waals surface area contributed by atoms with Gasteiger partial charge in [0.05, 0.1) is 25.9 Å². The van der Waals surface area contributed by atoms with Crippen LogP contribution in [0.2, 0.25) is 0 Å². The maximum absolute atomic E-state index is 14.5. The first-order valence-electron chi connectivity index (χ1n) is 10.7. The van der Waals surface area contributed by atoms with E-state index in [0.717, 1.165) is 32.1 Å². The lowest BCUT2D eigenvalue weighted by atomic mass is 9.97. The van der Waals surface area contributed by atoms with Crippen LogP contribution in [0.1, 0.15) is 39.0 Å². The second-order valence-electron chi connectivity index (χ2n) is 7.69. The molecule has 30 heavy (non-hydrogen) atoms. The minimum Gasteiger partial charge on any atom is -0.493 e. The van der Waals surface area contributed by atoms with E-state index in [1.165, 1.54) is 6.07 Å². The summed E-state index contributed by atoms with van der Waals surface area (Å²) in [6.07, 6.45) is 7.12. The van der Waals surface area contributed by atoms with Gasteiger partial charge in [0.2, 0.25) is 5.82 Å². The highest BCUT2D eigenvalue weighted by Gasteiger charge is 2.22. The lowest BCUT2D eigenvalue weighted by molar-refractivity contribution is -0.0299. The number of benzene rings is 2. The molecule has 1 aliphatic rings. The quantitative estimate of drug-likeness (QED) is 0.411. The van der Waals surface area contributed by atoms with Gasteiger partial charge in [-0.25, -0.2) is 4.39 Å². The summed E-state index contributed by atoms with van der Waals surface area (Å²) in [5.41, 5.74) is 0.793. The highest BCUT2D eigenvalue weighted by Crippen LogP contribution is 2.31. The Labute approximate surface area is 177 Å². The predicted molar refractivity (Wildman–Crippen MR) is 115 cm³/mol. The third-order valence-corrected chi connectivity index (χ3v) is 5.32. The van der Waals surface area contributed by atoms with E-state index >= 15 is 0 Å². The lowest BCUT2D eigenvalue weighted by Gasteiger charge is -2.28. The van der Waals surface area contributed by atoms with Crippen molar-refractivity contribution in [2.24, 2.45) is 5.92 Å². The van der Waals surface area contributed by atoms with Crippen molar-refractivity contribution < 1.29 is 23.0 Å². The molecule has 0 amide bonds. The van der Waals surface area contributed by atoms with Gasteiger partial charge in [-0.3, -0.25) is 0 Å². The molecule has 0 aromatic heterocycles. The van der Waals surface area contributed by atoms with E-state index < -0.39 is 11.6 Å². The number of rotatable bonds is 10. The van der Waals surface area contributed by atoms with Gasteiger partial charge in [-0.05, 0) is 61.9 Å². The van der Waals surface area contributed by atoms with E-state index in [4.69, 9.17) is 14.2 Å². The van der Waals surface area contributed by atoms with Crippen molar-refractivity contribution in [3.63, 3.8) is 0 Å². The average molecular weight is 417 g/mol. The Bertz CT molecular complexity index is 812. The Kier molecular flexibility index (Phi) is 8.26. The molecule has 0 aliphatic carbocycles. The number of halogens is 2. The van der Waals surface area contributed by atoms with Crippen LogP contribution in [0.3, 0.4) is 0 Å². The SMILES string of the molecule is C=CCCC1CCC(COc2ccc(-c3ccc(OCCC)c(F)c3F)cc2)CO1. The second kappa shape index (κ2) is 11.1. The summed E-state index contributed by atoms with van der Waals surface area (Å²) in [6, 6.07) is 10.1. The third-order valence-electron chi connectivity index (χ3n) is 5.32. The number of allylic oxidation sites excluding steroid dienone is 1. The highest BCUT2D eigenvalue weighted by atomic mass is 19.2. The maximum atomic E-state index is 14.5. The van der Waals surface area contributed by atoms with Crippen molar-refractivity contribution in [3.05, 3.63) is 60.7 Å². The molecule has 1 heterocycles. The minimum atomic E-state index is -0.954. The van der Waals surface area contributed by atoms with Crippen LogP contribution in [0.25, 0.3) is 11.1 Å². The van der Waals surface area contributed by atoms with Crippen LogP contribution in [-0.2, 0) is 4.74 Å². The molecule has 2 unspecified atom stereocenters. The molecule has 3 nitrogen and oxygen atoms in total. The van der Waals surface area contributed by atoms with Gasteiger partial charge in [0, 0.05) is 11.5 Å². The van der Waals surface area contributed by atoms with Gasteiger partial charge in [-0.1, -0.05) is 25.1 Å². The summed E-state index contributed by atoms with van der Waals surface area (Å²) in [5, 5.41) is 0. The van der Waals surface area contributed by atoms with Crippen molar-refractivity contribution in [1.29, 1.82) is 0 Å². The van der Waals surface area contributed by atoms with Gasteiger partial charge in [0.15, 0.2) is 11.6 Å². The van der Waals surface area contributed by atoms with Crippen molar-refractivity contribution in [3.8, 4) is 22.6 Å². The molecular weight excluding hydrogens is 386 g/mol. The Morgan fingerprint density at radius 3 is 2.53 bits per heavy atom. The van der Waals surface area contributed by atoms with Crippen molar-refractivity contribution >= 4 is 0 Å². The fraction of sp³-hybridized carbons (Fsp3) is 0.440. The van der Waals surface area contributed by atoms with Crippen LogP contribution in [-0.4, -0.2) is 25.9 Å². The lowest BCUT2D eigenvalue weighted by Crippen LogP contribution is -2.29. The zero-order valence-corrected chi connectivity index (χ0v) is 17.5. The van der Waals surface area contributed by atoms with Crippen LogP contribution >= 0.6 is 0 Å². The normalized spacial score (nSPS) is 18.8. The summed E-state index contributed by atoms with van der Waals surface area (Å²) in [6.45, 7) is 7.30. The first kappa shape index (κ1) is 22.3. The zero-order valence-electron chi connectivity index (χ0n) is 17.5. The van der Waals surface area contributed by atoms with Crippen LogP contribution in [0.5, 0.6) is 11.5 Å². The molecule has 0 N–H and O–H groups in total. The van der Waals surface area contributed by atoms with Crippen LogP contribution in [0, 0.1) is 17.6 Å². The van der Waals surface area contributed by atoms with Crippen molar-refractivity contribution in [2.45, 2.75) is 45.1 Å². The number of ether oxygens (including phenoxy) is 3. The minimum absolute atomic E-state index is 0.0560. The molecule has 0 spiro atoms. The van der Waals surface area contributed by atoms with Crippen molar-refractivity contribution in [2.75, 3.05) is 19.8 Å². The number of hydrogen-bond acceptors (Lipinski definition) is 3. The molecule has 5 heteroatoms. The van der Waals surface area contributed by atoms with Crippen molar-refractivity contribution in [1.82, 2.24) is 0 Å². The molecule has 1 fully saturated rings. The van der Waals surface area contributed by atoms with Gasteiger partial charge in [-0.15, -0.1) is 6.58 Å². The summed E-state index contributed by atoms with van der Waals surface area (Å²) < 4.78 is 45.7. The first-order chi connectivity index (χ1) is 14.6. The van der Waals surface area contributed by atoms with E-state index in [2.05, 4.69) is 6.58 Å². The van der Waals surface area contributed by atoms with E-state index in [1.807, 2.05) is 13.0 Å². The van der Waals surface area contributed by atoms with E-state index in [0.29, 0.717) is 43.2 Å². The van der Waals surface area contributed by atoms with Gasteiger partial charge >= 0.3 is 0 Å². The molecule has 162 valence electrons. The van der Waals surface area contributed by atoms with Crippen LogP contribution in [0.4, 0.5) is 8.78 Å². The topological polar surface area (TPSA) is 27.7 Å². The van der Waals surface area contributed by atoms with Gasteiger partial charge in [0.1, 0.15) is 5.75 Å². The molecule has 2 aromatic rings. The largest absolute Gasteiger partial charge is 0.493 e. The third kappa shape index (κ3) is 5.82. The molecule has 1 aliphatic heterocycles. The fourth-order valence-corrected chi connectivity index (χ4v) is 3.55. The van der Waals surface area contributed by atoms with E-state index in [1.54, 1.807) is 30.3 Å². The summed E-state index contributed by atoms with van der Waals surface area (Å²) in [4.78, 5) is 0. The maximum Gasteiger partial charge on any atom is 0.201 e. The van der Waals surface area contributed by atoms with Gasteiger partial charge in [-0.2, -0.15) is 4.39 Å². The summed E-state index contributed by atoms with van der Waals surface area (Å²) in [5.74, 6) is -0.838. The Morgan fingerprint density at radius 1 is 1.07 bits per heavy atom. The Morgan fingerprint density at radius 2 is 1.87 bits per heavy atom. The van der Waals surface area contributed by atoms with Gasteiger partial charge < -0.3 is 14.2 Å². The molecule has 0 radical (unpaired) electrons. The zero-order chi connectivity index (χ0) is 21.3. The fourth-order valence-electron chi connectivity index (χ4n) is 3.55. The molecule has 2 aromatic carbocycles. The average Bonchev–Trinajstić information content (AvgIpc) is 2.78.